The summed E-state index contributed by atoms with van der Waals surface area (Å²) in [5, 5.41) is 22.1. The van der Waals surface area contributed by atoms with E-state index in [1.165, 1.54) is 27.5 Å². The molecule has 0 saturated heterocycles. The second kappa shape index (κ2) is 10.9. The van der Waals surface area contributed by atoms with E-state index >= 15 is 0 Å². The lowest BCUT2D eigenvalue weighted by atomic mass is 9.95. The summed E-state index contributed by atoms with van der Waals surface area (Å²) in [6, 6.07) is 43.8. The van der Waals surface area contributed by atoms with Gasteiger partial charge in [0.15, 0.2) is 0 Å². The molecular weight excluding hydrogens is 524 g/mol. The molecule has 1 aliphatic rings. The van der Waals surface area contributed by atoms with E-state index in [1.54, 1.807) is 0 Å². The van der Waals surface area contributed by atoms with Crippen LogP contribution in [0.4, 0.5) is 17.1 Å². The Morgan fingerprint density at radius 1 is 0.674 bits per heavy atom. The van der Waals surface area contributed by atoms with Gasteiger partial charge >= 0.3 is 0 Å². The molecule has 204 valence electrons. The summed E-state index contributed by atoms with van der Waals surface area (Å²) in [4.78, 5) is 2.17. The predicted molar refractivity (Wildman–Crippen MR) is 176 cm³/mol. The molecule has 0 saturated carbocycles. The Labute approximate surface area is 251 Å². The van der Waals surface area contributed by atoms with Crippen molar-refractivity contribution in [3.63, 3.8) is 0 Å². The summed E-state index contributed by atoms with van der Waals surface area (Å²) in [6.07, 6.45) is 6.39. The SMILES string of the molecule is Cc1cc(C#N)ccc1N(c1ccccc1)c1cc(C#N)cc(C2=CCCC(n3c4ccccc4c4ccccc43)=C2)c1. The Kier molecular flexibility index (Phi) is 6.59. The van der Waals surface area contributed by atoms with E-state index in [1.807, 2.05) is 55.5 Å². The topological polar surface area (TPSA) is 55.8 Å². The van der Waals surface area contributed by atoms with Crippen LogP contribution in [0.2, 0.25) is 0 Å². The van der Waals surface area contributed by atoms with Crippen molar-refractivity contribution >= 4 is 50.1 Å². The summed E-state index contributed by atoms with van der Waals surface area (Å²) in [5.74, 6) is 0. The molecule has 5 aromatic carbocycles. The van der Waals surface area contributed by atoms with E-state index < -0.39 is 0 Å². The summed E-state index contributed by atoms with van der Waals surface area (Å²) in [6.45, 7) is 2.02. The first kappa shape index (κ1) is 26.1. The highest BCUT2D eigenvalue weighted by atomic mass is 15.1. The standard InChI is InChI=1S/C39H28N4/c1-27-20-28(25-40)18-19-37(27)42(32-11-3-2-4-12-32)34-22-29(26-41)21-31(24-34)30-10-9-13-33(23-30)43-38-16-7-5-14-35(38)36-15-6-8-17-39(36)43/h2-8,10-12,14-24H,9,13H2,1H3. The second-order valence-electron chi connectivity index (χ2n) is 10.9. The number of para-hydroxylation sites is 3. The Morgan fingerprint density at radius 3 is 2.02 bits per heavy atom. The molecule has 0 N–H and O–H groups in total. The van der Waals surface area contributed by atoms with Gasteiger partial charge in [-0.1, -0.05) is 60.7 Å². The number of allylic oxidation sites excluding steroid dienone is 4. The number of nitriles is 2. The second-order valence-corrected chi connectivity index (χ2v) is 10.9. The van der Waals surface area contributed by atoms with Gasteiger partial charge in [0.2, 0.25) is 0 Å². The molecule has 6 aromatic rings. The summed E-state index contributed by atoms with van der Waals surface area (Å²) in [5.41, 5.74) is 10.8. The maximum absolute atomic E-state index is 10.1. The quantitative estimate of drug-likeness (QED) is 0.214. The molecular formula is C39H28N4. The van der Waals surface area contributed by atoms with Crippen LogP contribution < -0.4 is 4.90 Å². The first-order chi connectivity index (χ1) is 21.1. The highest BCUT2D eigenvalue weighted by Crippen LogP contribution is 2.40. The molecule has 0 fully saturated rings. The van der Waals surface area contributed by atoms with Gasteiger partial charge in [0, 0.05) is 33.5 Å². The average Bonchev–Trinajstić information content (AvgIpc) is 3.40. The van der Waals surface area contributed by atoms with Gasteiger partial charge in [0.05, 0.1) is 34.3 Å². The van der Waals surface area contributed by atoms with Crippen molar-refractivity contribution in [3.8, 4) is 12.1 Å². The number of anilines is 3. The van der Waals surface area contributed by atoms with Crippen molar-refractivity contribution in [1.29, 1.82) is 10.5 Å². The summed E-state index contributed by atoms with van der Waals surface area (Å²) < 4.78 is 2.39. The number of aromatic nitrogens is 1. The van der Waals surface area contributed by atoms with Crippen molar-refractivity contribution in [2.24, 2.45) is 0 Å². The zero-order chi connectivity index (χ0) is 29.3. The van der Waals surface area contributed by atoms with Crippen LogP contribution in [-0.2, 0) is 0 Å². The lowest BCUT2D eigenvalue weighted by Gasteiger charge is -2.28. The Morgan fingerprint density at radius 2 is 1.35 bits per heavy atom. The van der Waals surface area contributed by atoms with Gasteiger partial charge in [0.25, 0.3) is 0 Å². The third-order valence-electron chi connectivity index (χ3n) is 8.17. The zero-order valence-electron chi connectivity index (χ0n) is 23.8. The minimum Gasteiger partial charge on any atom is -0.313 e. The molecule has 0 atom stereocenters. The molecule has 0 radical (unpaired) electrons. The third kappa shape index (κ3) is 4.66. The number of hydrogen-bond donors (Lipinski definition) is 0. The van der Waals surface area contributed by atoms with Crippen molar-refractivity contribution in [1.82, 2.24) is 4.57 Å². The molecule has 0 aliphatic heterocycles. The van der Waals surface area contributed by atoms with Gasteiger partial charge in [-0.05, 0) is 103 Å². The van der Waals surface area contributed by atoms with Crippen LogP contribution in [0.25, 0.3) is 33.1 Å². The minimum atomic E-state index is 0.595. The van der Waals surface area contributed by atoms with Crippen LogP contribution in [0.1, 0.15) is 35.1 Å². The minimum absolute atomic E-state index is 0.595. The lowest BCUT2D eigenvalue weighted by molar-refractivity contribution is 0.982. The smallest absolute Gasteiger partial charge is 0.0992 e. The normalized spacial score (nSPS) is 12.8. The molecule has 0 bridgehead atoms. The molecule has 4 heteroatoms. The first-order valence-corrected chi connectivity index (χ1v) is 14.5. The molecule has 1 heterocycles. The molecule has 43 heavy (non-hydrogen) atoms. The molecule has 7 rings (SSSR count). The van der Waals surface area contributed by atoms with E-state index in [2.05, 4.69) is 100 Å². The zero-order valence-corrected chi connectivity index (χ0v) is 23.8. The highest BCUT2D eigenvalue weighted by Gasteiger charge is 2.19. The Hall–Kier alpha value is -5.84. The highest BCUT2D eigenvalue weighted by molar-refractivity contribution is 6.10. The molecule has 0 spiro atoms. The molecule has 1 aliphatic carbocycles. The lowest BCUT2D eigenvalue weighted by Crippen LogP contribution is -2.12. The molecule has 1 aromatic heterocycles. The fourth-order valence-electron chi connectivity index (χ4n) is 6.25. The number of aryl methyl sites for hydroxylation is 1. The molecule has 0 unspecified atom stereocenters. The fourth-order valence-corrected chi connectivity index (χ4v) is 6.25. The van der Waals surface area contributed by atoms with Gasteiger partial charge in [-0.25, -0.2) is 0 Å². The summed E-state index contributed by atoms with van der Waals surface area (Å²) in [7, 11) is 0. The van der Waals surface area contributed by atoms with Gasteiger partial charge in [-0.2, -0.15) is 10.5 Å². The number of nitrogens with zero attached hydrogens (tertiary/aromatic N) is 4. The van der Waals surface area contributed by atoms with Crippen molar-refractivity contribution in [2.45, 2.75) is 19.8 Å². The number of benzene rings is 5. The van der Waals surface area contributed by atoms with Crippen molar-refractivity contribution in [3.05, 3.63) is 150 Å². The molecule has 4 nitrogen and oxygen atoms in total. The maximum atomic E-state index is 10.1. The van der Waals surface area contributed by atoms with Crippen molar-refractivity contribution in [2.75, 3.05) is 4.90 Å². The van der Waals surface area contributed by atoms with Crippen LogP contribution in [0.15, 0.2) is 127 Å². The average molecular weight is 553 g/mol. The van der Waals surface area contributed by atoms with E-state index in [0.29, 0.717) is 11.1 Å². The Balaban J connectivity index is 1.38. The van der Waals surface area contributed by atoms with Gasteiger partial charge in [-0.3, -0.25) is 0 Å². The van der Waals surface area contributed by atoms with Crippen LogP contribution in [0.3, 0.4) is 0 Å². The Bertz CT molecular complexity index is 2110. The van der Waals surface area contributed by atoms with Crippen LogP contribution >= 0.6 is 0 Å². The van der Waals surface area contributed by atoms with Crippen molar-refractivity contribution < 1.29 is 0 Å². The first-order valence-electron chi connectivity index (χ1n) is 14.5. The van der Waals surface area contributed by atoms with Crippen LogP contribution in [0, 0.1) is 29.6 Å². The van der Waals surface area contributed by atoms with Gasteiger partial charge in [0.1, 0.15) is 0 Å². The summed E-state index contributed by atoms with van der Waals surface area (Å²) >= 11 is 0. The number of rotatable bonds is 5. The number of fused-ring (bicyclic) bond motifs is 3. The fraction of sp³-hybridized carbons (Fsp3) is 0.0769. The van der Waals surface area contributed by atoms with E-state index in [0.717, 1.165) is 46.6 Å². The monoisotopic (exact) mass is 552 g/mol. The van der Waals surface area contributed by atoms with Crippen LogP contribution in [0.5, 0.6) is 0 Å². The third-order valence-corrected chi connectivity index (χ3v) is 8.17. The van der Waals surface area contributed by atoms with E-state index in [-0.39, 0.29) is 0 Å². The number of hydrogen-bond acceptors (Lipinski definition) is 3. The van der Waals surface area contributed by atoms with E-state index in [9.17, 15) is 10.5 Å². The van der Waals surface area contributed by atoms with Gasteiger partial charge < -0.3 is 9.47 Å². The van der Waals surface area contributed by atoms with E-state index in [4.69, 9.17) is 0 Å². The predicted octanol–water partition coefficient (Wildman–Crippen LogP) is 10.0. The maximum Gasteiger partial charge on any atom is 0.0992 e. The van der Waals surface area contributed by atoms with Crippen LogP contribution in [-0.4, -0.2) is 4.57 Å². The molecule has 0 amide bonds. The largest absolute Gasteiger partial charge is 0.313 e. The van der Waals surface area contributed by atoms with Gasteiger partial charge in [-0.15, -0.1) is 0 Å².